The van der Waals surface area contributed by atoms with Crippen molar-refractivity contribution in [1.82, 2.24) is 10.2 Å². The van der Waals surface area contributed by atoms with Gasteiger partial charge >= 0.3 is 0 Å². The molecule has 6 heteroatoms. The van der Waals surface area contributed by atoms with Crippen LogP contribution in [0.1, 0.15) is 23.2 Å². The highest BCUT2D eigenvalue weighted by atomic mass is 16.6. The standard InChI is InChI=1S/C23H26N2O4/c26-23(24-18-10-16-8-9-25(12-16)13-18)17-6-7-21-22(11-17)28-15-20(29-21)14-27-19-4-2-1-3-5-19/h1-7,11,16,18,20H,8-10,12-15H2,(H,24,26)/t16-,18-,20-/m1/s1. The minimum absolute atomic E-state index is 0.0431. The number of piperidine rings is 1. The third kappa shape index (κ3) is 4.17. The molecule has 0 spiro atoms. The molecule has 2 saturated heterocycles. The molecule has 2 fully saturated rings. The lowest BCUT2D eigenvalue weighted by Gasteiger charge is -2.30. The normalized spacial score (nSPS) is 27.3. The van der Waals surface area contributed by atoms with Crippen LogP contribution in [0.5, 0.6) is 17.2 Å². The van der Waals surface area contributed by atoms with Crippen molar-refractivity contribution in [2.75, 3.05) is 32.8 Å². The first-order valence-electron chi connectivity index (χ1n) is 10.4. The van der Waals surface area contributed by atoms with Crippen molar-refractivity contribution in [3.63, 3.8) is 0 Å². The first kappa shape index (κ1) is 18.3. The van der Waals surface area contributed by atoms with E-state index in [1.165, 1.54) is 13.0 Å². The molecule has 152 valence electrons. The summed E-state index contributed by atoms with van der Waals surface area (Å²) in [5.74, 6) is 2.75. The quantitative estimate of drug-likeness (QED) is 0.845. The monoisotopic (exact) mass is 394 g/mol. The van der Waals surface area contributed by atoms with Crippen LogP contribution in [0.4, 0.5) is 0 Å². The maximum absolute atomic E-state index is 12.7. The highest BCUT2D eigenvalue weighted by molar-refractivity contribution is 5.95. The Hall–Kier alpha value is -2.73. The van der Waals surface area contributed by atoms with E-state index in [2.05, 4.69) is 10.2 Å². The molecule has 3 aliphatic heterocycles. The number of nitrogens with one attached hydrogen (secondary N) is 1. The minimum atomic E-state index is -0.186. The van der Waals surface area contributed by atoms with Crippen molar-refractivity contribution in [1.29, 1.82) is 0 Å². The summed E-state index contributed by atoms with van der Waals surface area (Å²) in [6.45, 7) is 4.10. The maximum Gasteiger partial charge on any atom is 0.251 e. The second-order valence-corrected chi connectivity index (χ2v) is 8.16. The van der Waals surface area contributed by atoms with E-state index in [0.29, 0.717) is 30.3 Å². The van der Waals surface area contributed by atoms with E-state index < -0.39 is 0 Å². The molecule has 2 bridgehead atoms. The molecule has 0 aromatic heterocycles. The number of ether oxygens (including phenoxy) is 3. The number of carbonyl (C=O) groups excluding carboxylic acids is 1. The smallest absolute Gasteiger partial charge is 0.251 e. The van der Waals surface area contributed by atoms with Crippen LogP contribution in [-0.2, 0) is 0 Å². The number of hydrogen-bond donors (Lipinski definition) is 1. The van der Waals surface area contributed by atoms with Gasteiger partial charge in [0.1, 0.15) is 19.0 Å². The summed E-state index contributed by atoms with van der Waals surface area (Å²) < 4.78 is 17.6. The zero-order chi connectivity index (χ0) is 19.6. The molecular formula is C23H26N2O4. The van der Waals surface area contributed by atoms with Gasteiger partial charge in [-0.1, -0.05) is 18.2 Å². The summed E-state index contributed by atoms with van der Waals surface area (Å²) in [7, 11) is 0. The molecule has 1 unspecified atom stereocenters. The number of carbonyl (C=O) groups is 1. The summed E-state index contributed by atoms with van der Waals surface area (Å²) in [5.41, 5.74) is 0.610. The molecule has 0 radical (unpaired) electrons. The van der Waals surface area contributed by atoms with Crippen molar-refractivity contribution in [3.8, 4) is 17.2 Å². The van der Waals surface area contributed by atoms with E-state index in [-0.39, 0.29) is 18.1 Å². The average Bonchev–Trinajstić information content (AvgIpc) is 3.10. The van der Waals surface area contributed by atoms with Gasteiger partial charge in [-0.3, -0.25) is 4.79 Å². The third-order valence-electron chi connectivity index (χ3n) is 5.90. The van der Waals surface area contributed by atoms with Crippen LogP contribution < -0.4 is 19.5 Å². The molecule has 3 aliphatic rings. The Morgan fingerprint density at radius 3 is 2.90 bits per heavy atom. The fraction of sp³-hybridized carbons (Fsp3) is 0.435. The molecule has 2 aromatic rings. The summed E-state index contributed by atoms with van der Waals surface area (Å²) in [4.78, 5) is 15.2. The van der Waals surface area contributed by atoms with Crippen molar-refractivity contribution >= 4 is 5.91 Å². The van der Waals surface area contributed by atoms with Crippen LogP contribution in [0, 0.1) is 5.92 Å². The zero-order valence-corrected chi connectivity index (χ0v) is 16.4. The van der Waals surface area contributed by atoms with Gasteiger partial charge in [0.05, 0.1) is 0 Å². The van der Waals surface area contributed by atoms with Gasteiger partial charge in [-0.15, -0.1) is 0 Å². The van der Waals surface area contributed by atoms with Gasteiger partial charge in [0.15, 0.2) is 17.6 Å². The number of hydrogen-bond acceptors (Lipinski definition) is 5. The molecule has 29 heavy (non-hydrogen) atoms. The fourth-order valence-corrected chi connectivity index (χ4v) is 4.48. The van der Waals surface area contributed by atoms with Gasteiger partial charge in [0, 0.05) is 24.7 Å². The maximum atomic E-state index is 12.7. The van der Waals surface area contributed by atoms with Crippen LogP contribution in [0.3, 0.4) is 0 Å². The van der Waals surface area contributed by atoms with Crippen LogP contribution in [-0.4, -0.2) is 55.8 Å². The molecule has 0 saturated carbocycles. The van der Waals surface area contributed by atoms with E-state index in [1.54, 1.807) is 12.1 Å². The van der Waals surface area contributed by atoms with E-state index >= 15 is 0 Å². The molecule has 2 aromatic carbocycles. The van der Waals surface area contributed by atoms with Crippen LogP contribution in [0.25, 0.3) is 0 Å². The Morgan fingerprint density at radius 1 is 1.14 bits per heavy atom. The first-order valence-corrected chi connectivity index (χ1v) is 10.4. The van der Waals surface area contributed by atoms with Crippen LogP contribution in [0.2, 0.25) is 0 Å². The van der Waals surface area contributed by atoms with E-state index in [0.717, 1.165) is 31.2 Å². The van der Waals surface area contributed by atoms with Crippen LogP contribution in [0.15, 0.2) is 48.5 Å². The second-order valence-electron chi connectivity index (χ2n) is 8.16. The van der Waals surface area contributed by atoms with Crippen molar-refractivity contribution in [2.45, 2.75) is 25.0 Å². The molecule has 5 rings (SSSR count). The fourth-order valence-electron chi connectivity index (χ4n) is 4.48. The molecule has 1 amide bonds. The van der Waals surface area contributed by atoms with E-state index in [4.69, 9.17) is 14.2 Å². The molecule has 1 N–H and O–H groups in total. The molecule has 4 atom stereocenters. The van der Waals surface area contributed by atoms with Gasteiger partial charge < -0.3 is 24.4 Å². The predicted molar refractivity (Wildman–Crippen MR) is 109 cm³/mol. The summed E-state index contributed by atoms with van der Waals surface area (Å²) in [6, 6.07) is 15.3. The predicted octanol–water partition coefficient (Wildman–Crippen LogP) is 2.73. The highest BCUT2D eigenvalue weighted by Gasteiger charge is 2.33. The molecule has 0 aliphatic carbocycles. The molecule has 6 nitrogen and oxygen atoms in total. The van der Waals surface area contributed by atoms with Gasteiger partial charge in [-0.05, 0) is 55.6 Å². The summed E-state index contributed by atoms with van der Waals surface area (Å²) in [6.07, 6.45) is 2.15. The SMILES string of the molecule is O=C(N[C@@H]1C[C@H]2CCN(C2)C1)c1ccc2c(c1)OC[C@@H](COc1ccccc1)O2. The minimum Gasteiger partial charge on any atom is -0.490 e. The molecule has 3 heterocycles. The van der Waals surface area contributed by atoms with Gasteiger partial charge in [0.25, 0.3) is 5.91 Å². The Labute approximate surface area is 170 Å². The summed E-state index contributed by atoms with van der Waals surface area (Å²) in [5, 5.41) is 3.19. The van der Waals surface area contributed by atoms with Gasteiger partial charge in [-0.25, -0.2) is 0 Å². The lowest BCUT2D eigenvalue weighted by atomic mass is 9.96. The van der Waals surface area contributed by atoms with Gasteiger partial charge in [0.2, 0.25) is 0 Å². The number of nitrogens with zero attached hydrogens (tertiary/aromatic N) is 1. The van der Waals surface area contributed by atoms with Crippen molar-refractivity contribution in [2.24, 2.45) is 5.92 Å². The lowest BCUT2D eigenvalue weighted by molar-refractivity contribution is 0.0534. The Bertz CT molecular complexity index is 860. The number of para-hydroxylation sites is 1. The van der Waals surface area contributed by atoms with E-state index in [9.17, 15) is 4.79 Å². The Kier molecular flexibility index (Phi) is 5.02. The number of fused-ring (bicyclic) bond motifs is 3. The van der Waals surface area contributed by atoms with Crippen LogP contribution >= 0.6 is 0 Å². The van der Waals surface area contributed by atoms with Gasteiger partial charge in [-0.2, -0.15) is 0 Å². The van der Waals surface area contributed by atoms with Crippen molar-refractivity contribution in [3.05, 3.63) is 54.1 Å². The second kappa shape index (κ2) is 7.95. The Morgan fingerprint density at radius 2 is 2.03 bits per heavy atom. The molecular weight excluding hydrogens is 368 g/mol. The average molecular weight is 394 g/mol. The topological polar surface area (TPSA) is 60.0 Å². The lowest BCUT2D eigenvalue weighted by Crippen LogP contribution is -2.47. The number of rotatable bonds is 5. The first-order chi connectivity index (χ1) is 14.2. The van der Waals surface area contributed by atoms with Crippen molar-refractivity contribution < 1.29 is 19.0 Å². The largest absolute Gasteiger partial charge is 0.490 e. The van der Waals surface area contributed by atoms with E-state index in [1.807, 2.05) is 36.4 Å². The highest BCUT2D eigenvalue weighted by Crippen LogP contribution is 2.33. The summed E-state index contributed by atoms with van der Waals surface area (Å²) >= 11 is 0. The Balaban J connectivity index is 1.18. The number of amides is 1. The number of benzene rings is 2. The third-order valence-corrected chi connectivity index (χ3v) is 5.90. The zero-order valence-electron chi connectivity index (χ0n) is 16.4.